The van der Waals surface area contributed by atoms with Crippen molar-refractivity contribution in [2.24, 2.45) is 0 Å². The molecule has 2 amide bonds. The van der Waals surface area contributed by atoms with E-state index in [2.05, 4.69) is 17.2 Å². The number of nitrogens with one attached hydrogen (secondary N) is 2. The monoisotopic (exact) mass is 338 g/mol. The van der Waals surface area contributed by atoms with E-state index in [9.17, 15) is 9.59 Å². The van der Waals surface area contributed by atoms with Gasteiger partial charge in [0.05, 0.1) is 0 Å². The van der Waals surface area contributed by atoms with Gasteiger partial charge in [0, 0.05) is 23.4 Å². The van der Waals surface area contributed by atoms with Crippen molar-refractivity contribution in [2.75, 3.05) is 17.2 Å². The Morgan fingerprint density at radius 3 is 2.40 bits per heavy atom. The molecule has 0 atom stereocenters. The van der Waals surface area contributed by atoms with Crippen molar-refractivity contribution in [3.05, 3.63) is 66.7 Å². The van der Waals surface area contributed by atoms with Crippen molar-refractivity contribution in [3.8, 4) is 5.75 Å². The topological polar surface area (TPSA) is 67.4 Å². The van der Waals surface area contributed by atoms with Crippen molar-refractivity contribution in [3.63, 3.8) is 0 Å². The highest BCUT2D eigenvalue weighted by Crippen LogP contribution is 2.18. The maximum Gasteiger partial charge on any atom is 0.255 e. The van der Waals surface area contributed by atoms with Crippen LogP contribution >= 0.6 is 0 Å². The molecule has 0 spiro atoms. The van der Waals surface area contributed by atoms with E-state index < -0.39 is 0 Å². The van der Waals surface area contributed by atoms with E-state index in [1.807, 2.05) is 6.92 Å². The maximum atomic E-state index is 12.3. The molecule has 2 rings (SSSR count). The predicted octanol–water partition coefficient (Wildman–Crippen LogP) is 4.24. The summed E-state index contributed by atoms with van der Waals surface area (Å²) in [6.07, 6.45) is 2.92. The number of anilines is 2. The van der Waals surface area contributed by atoms with Crippen LogP contribution in [0.5, 0.6) is 5.75 Å². The van der Waals surface area contributed by atoms with Gasteiger partial charge in [-0.25, -0.2) is 0 Å². The molecule has 2 N–H and O–H groups in total. The van der Waals surface area contributed by atoms with Gasteiger partial charge in [-0.1, -0.05) is 25.6 Å². The summed E-state index contributed by atoms with van der Waals surface area (Å²) in [5.74, 6) is 0.408. The summed E-state index contributed by atoms with van der Waals surface area (Å²) in [5, 5.41) is 5.63. The Labute approximate surface area is 147 Å². The molecule has 0 aliphatic carbocycles. The lowest BCUT2D eigenvalue weighted by molar-refractivity contribution is -0.116. The first-order valence-electron chi connectivity index (χ1n) is 8.17. The second-order valence-corrected chi connectivity index (χ2v) is 5.46. The number of benzene rings is 2. The van der Waals surface area contributed by atoms with Gasteiger partial charge in [-0.2, -0.15) is 0 Å². The third kappa shape index (κ3) is 5.80. The van der Waals surface area contributed by atoms with Crippen molar-refractivity contribution in [2.45, 2.75) is 19.8 Å². The van der Waals surface area contributed by atoms with Gasteiger partial charge in [0.15, 0.2) is 0 Å². The smallest absolute Gasteiger partial charge is 0.255 e. The summed E-state index contributed by atoms with van der Waals surface area (Å²) in [4.78, 5) is 24.0. The second-order valence-electron chi connectivity index (χ2n) is 5.46. The van der Waals surface area contributed by atoms with Gasteiger partial charge < -0.3 is 15.4 Å². The molecular weight excluding hydrogens is 316 g/mol. The van der Waals surface area contributed by atoms with E-state index in [0.717, 1.165) is 6.42 Å². The minimum atomic E-state index is -0.229. The number of hydrogen-bond donors (Lipinski definition) is 2. The number of carbonyl (C=O) groups excluding carboxylic acids is 2. The highest BCUT2D eigenvalue weighted by atomic mass is 16.5. The van der Waals surface area contributed by atoms with E-state index in [1.165, 1.54) is 0 Å². The van der Waals surface area contributed by atoms with Crippen LogP contribution in [-0.4, -0.2) is 18.4 Å². The van der Waals surface area contributed by atoms with Crippen LogP contribution in [-0.2, 0) is 4.79 Å². The molecule has 0 saturated carbocycles. The lowest BCUT2D eigenvalue weighted by Crippen LogP contribution is -2.13. The standard InChI is InChI=1S/C20H22N2O3/c1-3-6-19(23)21-16-7-5-8-17(14-16)22-20(24)15-9-11-18(12-10-15)25-13-4-2/h4-5,7-12,14H,2-3,6,13H2,1H3,(H,21,23)(H,22,24). The molecular formula is C20H22N2O3. The predicted molar refractivity (Wildman–Crippen MR) is 100 cm³/mol. The zero-order valence-corrected chi connectivity index (χ0v) is 14.2. The quantitative estimate of drug-likeness (QED) is 0.707. The molecule has 0 aromatic heterocycles. The fraction of sp³-hybridized carbons (Fsp3) is 0.200. The van der Waals surface area contributed by atoms with Gasteiger partial charge in [-0.05, 0) is 48.9 Å². The Hall–Kier alpha value is -3.08. The summed E-state index contributed by atoms with van der Waals surface area (Å²) < 4.78 is 5.39. The minimum absolute atomic E-state index is 0.0407. The molecule has 2 aromatic carbocycles. The van der Waals surface area contributed by atoms with Crippen LogP contribution in [0.4, 0.5) is 11.4 Å². The van der Waals surface area contributed by atoms with Crippen LogP contribution in [0.25, 0.3) is 0 Å². The highest BCUT2D eigenvalue weighted by molar-refractivity contribution is 6.04. The number of amides is 2. The molecule has 5 heteroatoms. The molecule has 0 heterocycles. The molecule has 0 fully saturated rings. The molecule has 0 bridgehead atoms. The summed E-state index contributed by atoms with van der Waals surface area (Å²) in [6, 6.07) is 13.9. The second kappa shape index (κ2) is 9.27. The molecule has 0 aliphatic rings. The van der Waals surface area contributed by atoms with Crippen molar-refractivity contribution in [1.29, 1.82) is 0 Å². The number of carbonyl (C=O) groups is 2. The van der Waals surface area contributed by atoms with Gasteiger partial charge in [-0.3, -0.25) is 9.59 Å². The first-order chi connectivity index (χ1) is 12.1. The minimum Gasteiger partial charge on any atom is -0.490 e. The summed E-state index contributed by atoms with van der Waals surface area (Å²) in [7, 11) is 0. The molecule has 0 unspecified atom stereocenters. The van der Waals surface area contributed by atoms with Crippen LogP contribution in [0.1, 0.15) is 30.1 Å². The molecule has 5 nitrogen and oxygen atoms in total. The van der Waals surface area contributed by atoms with E-state index in [1.54, 1.807) is 54.6 Å². The summed E-state index contributed by atoms with van der Waals surface area (Å²) in [6.45, 7) is 5.96. The molecule has 0 radical (unpaired) electrons. The van der Waals surface area contributed by atoms with E-state index in [-0.39, 0.29) is 11.8 Å². The first kappa shape index (κ1) is 18.3. The fourth-order valence-electron chi connectivity index (χ4n) is 2.19. The Morgan fingerprint density at radius 1 is 1.08 bits per heavy atom. The molecule has 130 valence electrons. The van der Waals surface area contributed by atoms with Crippen LogP contribution in [0, 0.1) is 0 Å². The van der Waals surface area contributed by atoms with Gasteiger partial charge in [0.2, 0.25) is 5.91 Å². The lowest BCUT2D eigenvalue weighted by atomic mass is 10.2. The summed E-state index contributed by atoms with van der Waals surface area (Å²) >= 11 is 0. The van der Waals surface area contributed by atoms with E-state index in [0.29, 0.717) is 35.7 Å². The van der Waals surface area contributed by atoms with Crippen molar-refractivity contribution >= 4 is 23.2 Å². The molecule has 0 saturated heterocycles. The normalized spacial score (nSPS) is 9.96. The number of ether oxygens (including phenoxy) is 1. The van der Waals surface area contributed by atoms with Crippen LogP contribution in [0.15, 0.2) is 61.2 Å². The molecule has 2 aromatic rings. The Balaban J connectivity index is 2.00. The fourth-order valence-corrected chi connectivity index (χ4v) is 2.19. The first-order valence-corrected chi connectivity index (χ1v) is 8.17. The van der Waals surface area contributed by atoms with Gasteiger partial charge in [0.25, 0.3) is 5.91 Å². The van der Waals surface area contributed by atoms with E-state index >= 15 is 0 Å². The van der Waals surface area contributed by atoms with Crippen LogP contribution < -0.4 is 15.4 Å². The average molecular weight is 338 g/mol. The van der Waals surface area contributed by atoms with Crippen LogP contribution in [0.2, 0.25) is 0 Å². The highest BCUT2D eigenvalue weighted by Gasteiger charge is 2.07. The van der Waals surface area contributed by atoms with Crippen molar-refractivity contribution in [1.82, 2.24) is 0 Å². The van der Waals surface area contributed by atoms with Gasteiger partial charge >= 0.3 is 0 Å². The summed E-state index contributed by atoms with van der Waals surface area (Å²) in [5.41, 5.74) is 1.79. The zero-order chi connectivity index (χ0) is 18.1. The Morgan fingerprint density at radius 2 is 1.76 bits per heavy atom. The van der Waals surface area contributed by atoms with Crippen molar-refractivity contribution < 1.29 is 14.3 Å². The SMILES string of the molecule is C=CCOc1ccc(C(=O)Nc2cccc(NC(=O)CCC)c2)cc1. The zero-order valence-electron chi connectivity index (χ0n) is 14.2. The maximum absolute atomic E-state index is 12.3. The van der Waals surface area contributed by atoms with E-state index in [4.69, 9.17) is 4.74 Å². The Kier molecular flexibility index (Phi) is 6.77. The Bertz CT molecular complexity index is 739. The van der Waals surface area contributed by atoms with Crippen LogP contribution in [0.3, 0.4) is 0 Å². The third-order valence-electron chi connectivity index (χ3n) is 3.37. The molecule has 0 aliphatic heterocycles. The van der Waals surface area contributed by atoms with Gasteiger partial charge in [0.1, 0.15) is 12.4 Å². The van der Waals surface area contributed by atoms with Gasteiger partial charge in [-0.15, -0.1) is 0 Å². The molecule has 25 heavy (non-hydrogen) atoms. The number of hydrogen-bond acceptors (Lipinski definition) is 3. The lowest BCUT2D eigenvalue weighted by Gasteiger charge is -2.09. The average Bonchev–Trinajstić information content (AvgIpc) is 2.61. The largest absolute Gasteiger partial charge is 0.490 e. The third-order valence-corrected chi connectivity index (χ3v) is 3.37. The number of rotatable bonds is 8.